The van der Waals surface area contributed by atoms with Crippen LogP contribution in [0.4, 0.5) is 11.4 Å². The number of benzene rings is 2. The Hall–Kier alpha value is -1.73. The number of fused-ring (bicyclic) bond motifs is 2. The van der Waals surface area contributed by atoms with Crippen LogP contribution < -0.4 is 11.1 Å². The van der Waals surface area contributed by atoms with Gasteiger partial charge in [0.15, 0.2) is 0 Å². The SMILES string of the molecule is CC(=O)O.CCN(CC)C(C)CN1c2ccccc2Sc2ccccc21.Cl.N. The molecule has 3 rings (SSSR count). The number of hydrogen-bond acceptors (Lipinski definition) is 5. The zero-order valence-corrected chi connectivity index (χ0v) is 18.7. The Bertz CT molecular complexity index is 692. The summed E-state index contributed by atoms with van der Waals surface area (Å²) in [6.45, 7) is 11.1. The molecule has 1 atom stereocenters. The normalized spacial score (nSPS) is 12.4. The maximum atomic E-state index is 9.00. The molecule has 2 aromatic rings. The van der Waals surface area contributed by atoms with Gasteiger partial charge in [-0.1, -0.05) is 49.9 Å². The van der Waals surface area contributed by atoms with Crippen LogP contribution in [0.1, 0.15) is 27.7 Å². The number of carbonyl (C=O) groups is 1. The summed E-state index contributed by atoms with van der Waals surface area (Å²) in [5, 5.41) is 7.42. The van der Waals surface area contributed by atoms with Crippen LogP contribution in [0.15, 0.2) is 58.3 Å². The lowest BCUT2D eigenvalue weighted by atomic mass is 10.1. The van der Waals surface area contributed by atoms with Gasteiger partial charge in [-0.05, 0) is 44.3 Å². The van der Waals surface area contributed by atoms with Crippen LogP contribution in [0, 0.1) is 0 Å². The Kier molecular flexibility index (Phi) is 11.9. The minimum atomic E-state index is -0.833. The number of carboxylic acids is 1. The predicted molar refractivity (Wildman–Crippen MR) is 122 cm³/mol. The van der Waals surface area contributed by atoms with E-state index < -0.39 is 5.97 Å². The number of anilines is 2. The number of hydrogen-bond donors (Lipinski definition) is 2. The first-order chi connectivity index (χ1) is 12.5. The molecule has 1 aliphatic heterocycles. The molecule has 2 aromatic carbocycles. The molecule has 0 radical (unpaired) electrons. The van der Waals surface area contributed by atoms with E-state index in [-0.39, 0.29) is 18.6 Å². The molecular weight excluding hydrogens is 394 g/mol. The molecule has 0 saturated carbocycles. The Morgan fingerprint density at radius 1 is 1.04 bits per heavy atom. The fraction of sp³-hybridized carbons (Fsp3) is 0.381. The van der Waals surface area contributed by atoms with Gasteiger partial charge in [0.25, 0.3) is 5.97 Å². The summed E-state index contributed by atoms with van der Waals surface area (Å²) in [5.41, 5.74) is 2.68. The summed E-state index contributed by atoms with van der Waals surface area (Å²) in [5.74, 6) is -0.833. The highest BCUT2D eigenvalue weighted by Gasteiger charge is 2.25. The number of likely N-dealkylation sites (N-methyl/N-ethyl adjacent to an activating group) is 1. The number of para-hydroxylation sites is 2. The zero-order valence-electron chi connectivity index (χ0n) is 17.1. The number of rotatable bonds is 5. The van der Waals surface area contributed by atoms with Gasteiger partial charge >= 0.3 is 0 Å². The molecule has 4 N–H and O–H groups in total. The minimum Gasteiger partial charge on any atom is -0.481 e. The van der Waals surface area contributed by atoms with Crippen molar-refractivity contribution < 1.29 is 9.90 Å². The van der Waals surface area contributed by atoms with Crippen molar-refractivity contribution in [3.05, 3.63) is 48.5 Å². The van der Waals surface area contributed by atoms with E-state index in [4.69, 9.17) is 9.90 Å². The third-order valence-electron chi connectivity index (χ3n) is 4.41. The highest BCUT2D eigenvalue weighted by Crippen LogP contribution is 2.47. The molecule has 0 aromatic heterocycles. The van der Waals surface area contributed by atoms with Crippen molar-refractivity contribution in [1.82, 2.24) is 11.1 Å². The second-order valence-electron chi connectivity index (χ2n) is 6.24. The molecule has 0 amide bonds. The van der Waals surface area contributed by atoms with Crippen LogP contribution in [0.25, 0.3) is 0 Å². The van der Waals surface area contributed by atoms with Crippen molar-refractivity contribution in [3.63, 3.8) is 0 Å². The fourth-order valence-electron chi connectivity index (χ4n) is 3.20. The van der Waals surface area contributed by atoms with E-state index in [0.29, 0.717) is 6.04 Å². The largest absolute Gasteiger partial charge is 0.481 e. The average Bonchev–Trinajstić information content (AvgIpc) is 2.62. The van der Waals surface area contributed by atoms with Crippen molar-refractivity contribution >= 4 is 41.5 Å². The Morgan fingerprint density at radius 2 is 1.43 bits per heavy atom. The molecule has 0 saturated heterocycles. The van der Waals surface area contributed by atoms with Crippen LogP contribution in [0.2, 0.25) is 0 Å². The molecule has 1 aliphatic rings. The molecule has 1 unspecified atom stereocenters. The highest BCUT2D eigenvalue weighted by atomic mass is 35.5. The Labute approximate surface area is 179 Å². The first-order valence-corrected chi connectivity index (χ1v) is 9.86. The van der Waals surface area contributed by atoms with Crippen molar-refractivity contribution in [2.75, 3.05) is 24.5 Å². The summed E-state index contributed by atoms with van der Waals surface area (Å²) in [6, 6.07) is 18.0. The van der Waals surface area contributed by atoms with Crippen molar-refractivity contribution in [2.24, 2.45) is 0 Å². The average molecular weight is 426 g/mol. The van der Waals surface area contributed by atoms with Gasteiger partial charge in [0.05, 0.1) is 11.4 Å². The molecule has 0 bridgehead atoms. The molecule has 0 aliphatic carbocycles. The van der Waals surface area contributed by atoms with E-state index in [9.17, 15) is 0 Å². The molecular formula is C21H32ClN3O2S. The van der Waals surface area contributed by atoms with Gasteiger partial charge in [-0.25, -0.2) is 0 Å². The summed E-state index contributed by atoms with van der Waals surface area (Å²) >= 11 is 1.88. The van der Waals surface area contributed by atoms with Gasteiger partial charge in [-0.3, -0.25) is 9.69 Å². The Balaban J connectivity index is 0.00000111. The maximum absolute atomic E-state index is 9.00. The smallest absolute Gasteiger partial charge is 0.300 e. The van der Waals surface area contributed by atoms with Crippen LogP contribution in [0.3, 0.4) is 0 Å². The maximum Gasteiger partial charge on any atom is 0.300 e. The van der Waals surface area contributed by atoms with E-state index >= 15 is 0 Å². The standard InChI is InChI=1S/C19H24N2S.C2H4O2.ClH.H3N/c1-4-20(5-2)15(3)14-21-16-10-6-8-12-18(16)22-19-13-9-7-11-17(19)21;1-2(3)4;;/h6-13,15H,4-5,14H2,1-3H3;1H3,(H,3,4);1H;1H3. The first-order valence-electron chi connectivity index (χ1n) is 9.04. The van der Waals surface area contributed by atoms with E-state index in [2.05, 4.69) is 79.1 Å². The molecule has 7 heteroatoms. The molecule has 156 valence electrons. The summed E-state index contributed by atoms with van der Waals surface area (Å²) in [6.07, 6.45) is 0. The molecule has 0 fully saturated rings. The molecule has 0 spiro atoms. The van der Waals surface area contributed by atoms with E-state index in [1.807, 2.05) is 11.8 Å². The van der Waals surface area contributed by atoms with Crippen LogP contribution >= 0.6 is 24.2 Å². The van der Waals surface area contributed by atoms with E-state index in [1.54, 1.807) is 0 Å². The molecule has 28 heavy (non-hydrogen) atoms. The van der Waals surface area contributed by atoms with E-state index in [1.165, 1.54) is 21.2 Å². The number of carboxylic acid groups (broad SMARTS) is 1. The first kappa shape index (κ1) is 26.3. The lowest BCUT2D eigenvalue weighted by molar-refractivity contribution is -0.134. The highest BCUT2D eigenvalue weighted by molar-refractivity contribution is 7.99. The van der Waals surface area contributed by atoms with Crippen LogP contribution in [-0.2, 0) is 4.79 Å². The van der Waals surface area contributed by atoms with Gasteiger partial charge in [-0.15, -0.1) is 12.4 Å². The summed E-state index contributed by atoms with van der Waals surface area (Å²) in [4.78, 5) is 16.7. The van der Waals surface area contributed by atoms with Crippen LogP contribution in [0.5, 0.6) is 0 Å². The van der Waals surface area contributed by atoms with Gasteiger partial charge in [0.1, 0.15) is 0 Å². The van der Waals surface area contributed by atoms with Crippen LogP contribution in [-0.4, -0.2) is 41.7 Å². The third kappa shape index (κ3) is 6.71. The van der Waals surface area contributed by atoms with Gasteiger partial charge in [-0.2, -0.15) is 0 Å². The van der Waals surface area contributed by atoms with Crippen molar-refractivity contribution in [2.45, 2.75) is 43.5 Å². The Morgan fingerprint density at radius 3 is 1.82 bits per heavy atom. The zero-order chi connectivity index (χ0) is 19.1. The summed E-state index contributed by atoms with van der Waals surface area (Å²) < 4.78 is 0. The van der Waals surface area contributed by atoms with Gasteiger partial charge in [0.2, 0.25) is 0 Å². The second kappa shape index (κ2) is 12.7. The monoisotopic (exact) mass is 425 g/mol. The second-order valence-corrected chi connectivity index (χ2v) is 7.32. The minimum absolute atomic E-state index is 0. The molecule has 5 nitrogen and oxygen atoms in total. The lowest BCUT2D eigenvalue weighted by Gasteiger charge is -2.37. The van der Waals surface area contributed by atoms with Crippen molar-refractivity contribution in [3.8, 4) is 0 Å². The van der Waals surface area contributed by atoms with Gasteiger partial charge < -0.3 is 16.2 Å². The third-order valence-corrected chi connectivity index (χ3v) is 5.54. The van der Waals surface area contributed by atoms with Gasteiger partial charge in [0, 0.05) is 29.3 Å². The lowest BCUT2D eigenvalue weighted by Crippen LogP contribution is -2.41. The number of aliphatic carboxylic acids is 1. The van der Waals surface area contributed by atoms with E-state index in [0.717, 1.165) is 26.6 Å². The predicted octanol–water partition coefficient (Wildman–Crippen LogP) is 5.69. The quantitative estimate of drug-likeness (QED) is 0.640. The van der Waals surface area contributed by atoms with Crippen molar-refractivity contribution in [1.29, 1.82) is 0 Å². The number of nitrogens with zero attached hydrogens (tertiary/aromatic N) is 2. The topological polar surface area (TPSA) is 78.8 Å². The summed E-state index contributed by atoms with van der Waals surface area (Å²) in [7, 11) is 0. The fourth-order valence-corrected chi connectivity index (χ4v) is 4.30. The molecule has 1 heterocycles. The number of halogens is 1.